The van der Waals surface area contributed by atoms with Gasteiger partial charge < -0.3 is 15.8 Å². The second-order valence-corrected chi connectivity index (χ2v) is 10.2. The van der Waals surface area contributed by atoms with Crippen molar-refractivity contribution in [3.8, 4) is 18.2 Å². The minimum absolute atomic E-state index is 0.0813. The molecule has 36 heavy (non-hydrogen) atoms. The molecule has 1 aromatic carbocycles. The number of amidine groups is 1. The molecule has 0 amide bonds. The van der Waals surface area contributed by atoms with E-state index in [0.29, 0.717) is 11.0 Å². The zero-order valence-electron chi connectivity index (χ0n) is 19.1. The number of benzene rings is 1. The Morgan fingerprint density at radius 3 is 2.81 bits per heavy atom. The normalized spacial score (nSPS) is 25.6. The number of rotatable bonds is 6. The first-order valence-electron chi connectivity index (χ1n) is 10.9. The maximum atomic E-state index is 15.1. The number of pyridine rings is 1. The molecule has 1 saturated carbocycles. The summed E-state index contributed by atoms with van der Waals surface area (Å²) in [5.74, 6) is -0.193. The van der Waals surface area contributed by atoms with E-state index in [2.05, 4.69) is 31.2 Å². The lowest BCUT2D eigenvalue weighted by Crippen LogP contribution is -2.39. The number of aromatic nitrogens is 3. The summed E-state index contributed by atoms with van der Waals surface area (Å²) in [5, 5.41) is 2.84. The van der Waals surface area contributed by atoms with Crippen molar-refractivity contribution in [3.05, 3.63) is 47.8 Å². The molecule has 1 aliphatic heterocycles. The zero-order chi connectivity index (χ0) is 25.8. The third-order valence-electron chi connectivity index (χ3n) is 6.44. The molecule has 1 aliphatic carbocycles. The molecule has 3 N–H and O–H groups in total. The highest BCUT2D eigenvalue weighted by Crippen LogP contribution is 2.68. The Morgan fingerprint density at radius 1 is 1.31 bits per heavy atom. The standard InChI is InChI=1S/C24H20F4N6OS/c1-4-11(2)35-17-10-31-19-15(33-17)5-6-30-20(19)32-12-7-13(18(26)14(25)8-12)23(3)16-9-24(16,21(27)28)36-22(29)34-23/h1,5-8,10-11,16,21H,9H2,2-3H3,(H2,29,34)(H,30,32)/t11-,16-,23+,24-/m0/s1. The number of halogens is 4. The maximum absolute atomic E-state index is 15.1. The number of terminal acetylenes is 1. The van der Waals surface area contributed by atoms with Crippen LogP contribution in [0, 0.1) is 29.9 Å². The number of nitrogens with zero attached hydrogens (tertiary/aromatic N) is 4. The Hall–Kier alpha value is -3.59. The van der Waals surface area contributed by atoms with Gasteiger partial charge in [-0.05, 0) is 32.4 Å². The average molecular weight is 517 g/mol. The van der Waals surface area contributed by atoms with Gasteiger partial charge in [-0.15, -0.1) is 6.42 Å². The molecule has 4 atom stereocenters. The fourth-order valence-electron chi connectivity index (χ4n) is 4.56. The lowest BCUT2D eigenvalue weighted by atomic mass is 9.85. The number of anilines is 2. The van der Waals surface area contributed by atoms with Crippen molar-refractivity contribution in [2.24, 2.45) is 16.6 Å². The van der Waals surface area contributed by atoms with Crippen molar-refractivity contribution in [2.45, 2.75) is 43.1 Å². The van der Waals surface area contributed by atoms with Crippen molar-refractivity contribution in [1.29, 1.82) is 0 Å². The summed E-state index contributed by atoms with van der Waals surface area (Å²) in [5.41, 5.74) is 5.09. The van der Waals surface area contributed by atoms with E-state index in [-0.39, 0.29) is 34.5 Å². The molecule has 0 unspecified atom stereocenters. The largest absolute Gasteiger partial charge is 0.460 e. The fourth-order valence-corrected chi connectivity index (χ4v) is 5.90. The summed E-state index contributed by atoms with van der Waals surface area (Å²) in [6.07, 6.45) is 5.04. The Labute approximate surface area is 208 Å². The van der Waals surface area contributed by atoms with Crippen LogP contribution in [0.15, 0.2) is 35.6 Å². The highest BCUT2D eigenvalue weighted by molar-refractivity contribution is 8.15. The van der Waals surface area contributed by atoms with Gasteiger partial charge in [0.15, 0.2) is 28.7 Å². The summed E-state index contributed by atoms with van der Waals surface area (Å²) < 4.78 is 61.5. The summed E-state index contributed by atoms with van der Waals surface area (Å²) in [7, 11) is 0. The molecule has 5 rings (SSSR count). The van der Waals surface area contributed by atoms with Gasteiger partial charge in [0.1, 0.15) is 5.52 Å². The molecular formula is C24H20F4N6OS. The van der Waals surface area contributed by atoms with Gasteiger partial charge >= 0.3 is 0 Å². The molecule has 2 aromatic heterocycles. The van der Waals surface area contributed by atoms with Crippen LogP contribution >= 0.6 is 11.8 Å². The first-order chi connectivity index (χ1) is 17.1. The predicted molar refractivity (Wildman–Crippen MR) is 129 cm³/mol. The fraction of sp³-hybridized carbons (Fsp3) is 0.333. The molecular weight excluding hydrogens is 496 g/mol. The Kier molecular flexibility index (Phi) is 5.70. The highest BCUT2D eigenvalue weighted by Gasteiger charge is 2.71. The third-order valence-corrected chi connectivity index (χ3v) is 7.75. The number of aliphatic imine (C=N–C) groups is 1. The average Bonchev–Trinajstić information content (AvgIpc) is 3.58. The van der Waals surface area contributed by atoms with Crippen LogP contribution in [-0.2, 0) is 5.54 Å². The molecule has 7 nitrogen and oxygen atoms in total. The molecule has 0 spiro atoms. The van der Waals surface area contributed by atoms with Gasteiger partial charge in [0.25, 0.3) is 6.43 Å². The van der Waals surface area contributed by atoms with E-state index in [1.807, 2.05) is 0 Å². The van der Waals surface area contributed by atoms with Gasteiger partial charge in [-0.1, -0.05) is 17.7 Å². The van der Waals surface area contributed by atoms with Crippen LogP contribution in [0.4, 0.5) is 29.1 Å². The molecule has 2 aliphatic rings. The quantitative estimate of drug-likeness (QED) is 0.361. The molecule has 1 fully saturated rings. The number of nitrogens with two attached hydrogens (primary N) is 1. The van der Waals surface area contributed by atoms with Gasteiger partial charge in [0, 0.05) is 29.4 Å². The highest BCUT2D eigenvalue weighted by atomic mass is 32.2. The van der Waals surface area contributed by atoms with E-state index in [1.54, 1.807) is 13.0 Å². The van der Waals surface area contributed by atoms with Crippen LogP contribution in [0.3, 0.4) is 0 Å². The minimum Gasteiger partial charge on any atom is -0.460 e. The van der Waals surface area contributed by atoms with E-state index in [0.717, 1.165) is 17.8 Å². The second kappa shape index (κ2) is 8.51. The SMILES string of the molecule is C#C[C@H](C)Oc1cnc2c(Nc3cc(F)c(F)c([C@@]4(C)N=C(N)S[C@@]5(C(F)F)C[C@@H]45)c3)nccc2n1. The molecule has 3 heterocycles. The Bertz CT molecular complexity index is 1450. The second-order valence-electron chi connectivity index (χ2n) is 8.82. The molecule has 3 aromatic rings. The number of fused-ring (bicyclic) bond motifs is 2. The number of nitrogens with one attached hydrogen (secondary N) is 1. The number of hydrogen-bond donors (Lipinski definition) is 2. The third kappa shape index (κ3) is 3.87. The number of thioether (sulfide) groups is 1. The molecule has 0 saturated heterocycles. The number of alkyl halides is 2. The van der Waals surface area contributed by atoms with Crippen LogP contribution in [0.5, 0.6) is 5.88 Å². The number of ether oxygens (including phenoxy) is 1. The van der Waals surface area contributed by atoms with Crippen molar-refractivity contribution in [1.82, 2.24) is 15.0 Å². The predicted octanol–water partition coefficient (Wildman–Crippen LogP) is 4.75. The van der Waals surface area contributed by atoms with Gasteiger partial charge in [-0.2, -0.15) is 0 Å². The van der Waals surface area contributed by atoms with Crippen LogP contribution in [0.1, 0.15) is 25.8 Å². The first-order valence-corrected chi connectivity index (χ1v) is 11.7. The smallest absolute Gasteiger partial charge is 0.253 e. The lowest BCUT2D eigenvalue weighted by Gasteiger charge is -2.34. The van der Waals surface area contributed by atoms with Crippen LogP contribution in [-0.4, -0.2) is 37.4 Å². The molecule has 0 radical (unpaired) electrons. The van der Waals surface area contributed by atoms with Crippen molar-refractivity contribution in [3.63, 3.8) is 0 Å². The molecule has 186 valence electrons. The zero-order valence-corrected chi connectivity index (χ0v) is 19.9. The van der Waals surface area contributed by atoms with Gasteiger partial charge in [0.2, 0.25) is 5.88 Å². The summed E-state index contributed by atoms with van der Waals surface area (Å²) >= 11 is 0.792. The van der Waals surface area contributed by atoms with Gasteiger partial charge in [0.05, 0.1) is 22.0 Å². The van der Waals surface area contributed by atoms with Crippen molar-refractivity contribution >= 4 is 39.5 Å². The first kappa shape index (κ1) is 24.1. The molecule has 12 heteroatoms. The van der Waals surface area contributed by atoms with Gasteiger partial charge in [-0.3, -0.25) is 4.99 Å². The monoisotopic (exact) mass is 516 g/mol. The van der Waals surface area contributed by atoms with Crippen LogP contribution < -0.4 is 15.8 Å². The van der Waals surface area contributed by atoms with E-state index in [4.69, 9.17) is 16.9 Å². The summed E-state index contributed by atoms with van der Waals surface area (Å²) in [6.45, 7) is 3.18. The van der Waals surface area contributed by atoms with E-state index < -0.39 is 40.4 Å². The maximum Gasteiger partial charge on any atom is 0.253 e. The molecule has 0 bridgehead atoms. The van der Waals surface area contributed by atoms with E-state index in [9.17, 15) is 13.2 Å². The van der Waals surface area contributed by atoms with E-state index >= 15 is 4.39 Å². The summed E-state index contributed by atoms with van der Waals surface area (Å²) in [6, 6.07) is 3.88. The Morgan fingerprint density at radius 2 is 2.08 bits per heavy atom. The van der Waals surface area contributed by atoms with Gasteiger partial charge in [-0.25, -0.2) is 32.5 Å². The minimum atomic E-state index is -2.69. The van der Waals surface area contributed by atoms with Crippen LogP contribution in [0.2, 0.25) is 0 Å². The summed E-state index contributed by atoms with van der Waals surface area (Å²) in [4.78, 5) is 17.2. The van der Waals surface area contributed by atoms with Crippen molar-refractivity contribution < 1.29 is 22.3 Å². The van der Waals surface area contributed by atoms with Crippen LogP contribution in [0.25, 0.3) is 11.0 Å². The Balaban J connectivity index is 1.52. The topological polar surface area (TPSA) is 98.3 Å². The number of hydrogen-bond acceptors (Lipinski definition) is 8. The van der Waals surface area contributed by atoms with Crippen molar-refractivity contribution in [2.75, 3.05) is 5.32 Å². The van der Waals surface area contributed by atoms with E-state index in [1.165, 1.54) is 25.4 Å². The lowest BCUT2D eigenvalue weighted by molar-refractivity contribution is 0.123.